The van der Waals surface area contributed by atoms with Gasteiger partial charge >= 0.3 is 5.97 Å². The molecule has 152 valence electrons. The summed E-state index contributed by atoms with van der Waals surface area (Å²) >= 11 is 0. The average molecular weight is 398 g/mol. The van der Waals surface area contributed by atoms with Gasteiger partial charge in [-0.15, -0.1) is 0 Å². The molecular formula is C20H22N4O5. The van der Waals surface area contributed by atoms with Crippen molar-refractivity contribution in [2.24, 2.45) is 0 Å². The molecule has 0 radical (unpaired) electrons. The summed E-state index contributed by atoms with van der Waals surface area (Å²) in [5.41, 5.74) is 1.48. The topological polar surface area (TPSA) is 115 Å². The Bertz CT molecular complexity index is 1070. The largest absolute Gasteiger partial charge is 0.467 e. The van der Waals surface area contributed by atoms with Crippen LogP contribution in [0.5, 0.6) is 0 Å². The second-order valence-corrected chi connectivity index (χ2v) is 6.39. The molecule has 2 heterocycles. The number of carbonyl (C=O) groups is 2. The van der Waals surface area contributed by atoms with E-state index >= 15 is 0 Å². The lowest BCUT2D eigenvalue weighted by molar-refractivity contribution is -0.142. The summed E-state index contributed by atoms with van der Waals surface area (Å²) in [6, 6.07) is 9.34. The van der Waals surface area contributed by atoms with Gasteiger partial charge in [0.25, 0.3) is 11.5 Å². The highest BCUT2D eigenvalue weighted by molar-refractivity contribution is 5.95. The molecule has 0 aliphatic heterocycles. The summed E-state index contributed by atoms with van der Waals surface area (Å²) in [6.45, 7) is 0.496. The van der Waals surface area contributed by atoms with Crippen molar-refractivity contribution in [3.8, 4) is 0 Å². The van der Waals surface area contributed by atoms with Gasteiger partial charge in [0.05, 0.1) is 20.3 Å². The van der Waals surface area contributed by atoms with Crippen LogP contribution in [-0.2, 0) is 27.2 Å². The molecule has 0 saturated heterocycles. The first-order valence-corrected chi connectivity index (χ1v) is 9.04. The van der Waals surface area contributed by atoms with E-state index in [2.05, 4.69) is 15.4 Å². The zero-order chi connectivity index (χ0) is 20.8. The number of fused-ring (bicyclic) bond motifs is 1. The molecular weight excluding hydrogens is 376 g/mol. The summed E-state index contributed by atoms with van der Waals surface area (Å²) in [5, 5.41) is 7.66. The summed E-state index contributed by atoms with van der Waals surface area (Å²) in [6.07, 6.45) is 2.04. The molecule has 29 heavy (non-hydrogen) atoms. The number of esters is 1. The minimum absolute atomic E-state index is 0.0218. The molecule has 0 spiro atoms. The number of nitrogens with zero attached hydrogens (tertiary/aromatic N) is 2. The van der Waals surface area contributed by atoms with Crippen LogP contribution in [0, 0.1) is 0 Å². The van der Waals surface area contributed by atoms with Crippen molar-refractivity contribution < 1.29 is 19.1 Å². The Morgan fingerprint density at radius 2 is 2.00 bits per heavy atom. The van der Waals surface area contributed by atoms with Gasteiger partial charge in [-0.3, -0.25) is 9.59 Å². The molecule has 0 bridgehead atoms. The van der Waals surface area contributed by atoms with Gasteiger partial charge in [-0.25, -0.2) is 9.48 Å². The van der Waals surface area contributed by atoms with Crippen molar-refractivity contribution in [3.05, 3.63) is 64.2 Å². The monoisotopic (exact) mass is 398 g/mol. The van der Waals surface area contributed by atoms with Crippen LogP contribution in [0.2, 0.25) is 0 Å². The Kier molecular flexibility index (Phi) is 6.40. The van der Waals surface area contributed by atoms with Crippen molar-refractivity contribution in [1.29, 1.82) is 0 Å². The summed E-state index contributed by atoms with van der Waals surface area (Å²) in [4.78, 5) is 39.9. The van der Waals surface area contributed by atoms with Crippen molar-refractivity contribution >= 4 is 22.8 Å². The SMILES string of the molecule is COCCn1nc(C(=O)NC(Cc2c[nH]c3ccccc23)C(=O)OC)ccc1=O. The number of nitrogens with one attached hydrogen (secondary N) is 2. The molecule has 2 N–H and O–H groups in total. The fourth-order valence-corrected chi connectivity index (χ4v) is 3.00. The van der Waals surface area contributed by atoms with E-state index in [9.17, 15) is 14.4 Å². The normalized spacial score (nSPS) is 11.9. The first kappa shape index (κ1) is 20.3. The number of aromatic amines is 1. The molecule has 1 amide bonds. The van der Waals surface area contributed by atoms with Crippen LogP contribution in [-0.4, -0.2) is 53.5 Å². The van der Waals surface area contributed by atoms with Gasteiger partial charge < -0.3 is 19.8 Å². The molecule has 1 aromatic carbocycles. The molecule has 9 nitrogen and oxygen atoms in total. The maximum Gasteiger partial charge on any atom is 0.328 e. The molecule has 2 aromatic heterocycles. The number of hydrogen-bond donors (Lipinski definition) is 2. The fraction of sp³-hybridized carbons (Fsp3) is 0.300. The van der Waals surface area contributed by atoms with Crippen molar-refractivity contribution in [2.75, 3.05) is 20.8 Å². The Hall–Kier alpha value is -3.46. The minimum atomic E-state index is -0.909. The lowest BCUT2D eigenvalue weighted by atomic mass is 10.0. The Morgan fingerprint density at radius 3 is 2.76 bits per heavy atom. The predicted molar refractivity (Wildman–Crippen MR) is 106 cm³/mol. The highest BCUT2D eigenvalue weighted by Gasteiger charge is 2.24. The summed E-state index contributed by atoms with van der Waals surface area (Å²) < 4.78 is 10.9. The molecule has 9 heteroatoms. The number of aromatic nitrogens is 3. The molecule has 3 rings (SSSR count). The Morgan fingerprint density at radius 1 is 1.21 bits per heavy atom. The van der Waals surface area contributed by atoms with E-state index in [-0.39, 0.29) is 30.8 Å². The third-order valence-corrected chi connectivity index (χ3v) is 4.50. The maximum absolute atomic E-state index is 12.7. The smallest absolute Gasteiger partial charge is 0.328 e. The van der Waals surface area contributed by atoms with Gasteiger partial charge in [0.1, 0.15) is 11.7 Å². The minimum Gasteiger partial charge on any atom is -0.467 e. The van der Waals surface area contributed by atoms with E-state index in [0.717, 1.165) is 21.1 Å². The highest BCUT2D eigenvalue weighted by Crippen LogP contribution is 2.19. The van der Waals surface area contributed by atoms with Gasteiger partial charge in [0, 0.05) is 36.7 Å². The number of hydrogen-bond acceptors (Lipinski definition) is 6. The number of H-pyrrole nitrogens is 1. The van der Waals surface area contributed by atoms with Gasteiger partial charge in [0.2, 0.25) is 0 Å². The van der Waals surface area contributed by atoms with Crippen LogP contribution in [0.1, 0.15) is 16.1 Å². The average Bonchev–Trinajstić information content (AvgIpc) is 3.15. The second kappa shape index (κ2) is 9.16. The predicted octanol–water partition coefficient (Wildman–Crippen LogP) is 0.885. The first-order valence-electron chi connectivity index (χ1n) is 9.04. The number of benzene rings is 1. The second-order valence-electron chi connectivity index (χ2n) is 6.39. The lowest BCUT2D eigenvalue weighted by Gasteiger charge is -2.16. The van der Waals surface area contributed by atoms with E-state index in [1.54, 1.807) is 6.20 Å². The molecule has 0 saturated carbocycles. The number of methoxy groups -OCH3 is 2. The molecule has 3 aromatic rings. The zero-order valence-corrected chi connectivity index (χ0v) is 16.2. The van der Waals surface area contributed by atoms with E-state index < -0.39 is 17.9 Å². The molecule has 1 atom stereocenters. The molecule has 0 fully saturated rings. The number of para-hydroxylation sites is 1. The third-order valence-electron chi connectivity index (χ3n) is 4.50. The number of ether oxygens (including phenoxy) is 2. The van der Waals surface area contributed by atoms with Crippen LogP contribution in [0.15, 0.2) is 47.4 Å². The van der Waals surface area contributed by atoms with Gasteiger partial charge in [-0.1, -0.05) is 18.2 Å². The van der Waals surface area contributed by atoms with Crippen LogP contribution in [0.3, 0.4) is 0 Å². The van der Waals surface area contributed by atoms with Crippen LogP contribution in [0.4, 0.5) is 0 Å². The van der Waals surface area contributed by atoms with Gasteiger partial charge in [-0.2, -0.15) is 5.10 Å². The van der Waals surface area contributed by atoms with Crippen molar-refractivity contribution in [3.63, 3.8) is 0 Å². The molecule has 0 aliphatic rings. The number of amides is 1. The van der Waals surface area contributed by atoms with Crippen molar-refractivity contribution in [1.82, 2.24) is 20.1 Å². The standard InChI is InChI=1S/C20H22N4O5/c1-28-10-9-24-18(25)8-7-16(23-24)19(26)22-17(20(27)29-2)11-13-12-21-15-6-4-3-5-14(13)15/h3-8,12,17,21H,9-11H2,1-2H3,(H,22,26). The summed E-state index contributed by atoms with van der Waals surface area (Å²) in [5.74, 6) is -1.15. The van der Waals surface area contributed by atoms with Crippen LogP contribution in [0.25, 0.3) is 10.9 Å². The van der Waals surface area contributed by atoms with Gasteiger partial charge in [0.15, 0.2) is 0 Å². The molecule has 1 unspecified atom stereocenters. The van der Waals surface area contributed by atoms with Crippen LogP contribution >= 0.6 is 0 Å². The lowest BCUT2D eigenvalue weighted by Crippen LogP contribution is -2.43. The van der Waals surface area contributed by atoms with E-state index in [0.29, 0.717) is 0 Å². The quantitative estimate of drug-likeness (QED) is 0.545. The first-order chi connectivity index (χ1) is 14.0. The summed E-state index contributed by atoms with van der Waals surface area (Å²) in [7, 11) is 2.77. The van der Waals surface area contributed by atoms with Crippen LogP contribution < -0.4 is 10.9 Å². The Labute approximate surface area is 166 Å². The van der Waals surface area contributed by atoms with Crippen molar-refractivity contribution in [2.45, 2.75) is 19.0 Å². The van der Waals surface area contributed by atoms with E-state index in [4.69, 9.17) is 9.47 Å². The highest BCUT2D eigenvalue weighted by atomic mass is 16.5. The fourth-order valence-electron chi connectivity index (χ4n) is 3.00. The van der Waals surface area contributed by atoms with E-state index in [1.807, 2.05) is 24.3 Å². The van der Waals surface area contributed by atoms with Gasteiger partial charge in [-0.05, 0) is 17.7 Å². The zero-order valence-electron chi connectivity index (χ0n) is 16.2. The third kappa shape index (κ3) is 4.69. The number of rotatable bonds is 8. The Balaban J connectivity index is 1.81. The molecule has 0 aliphatic carbocycles. The number of carbonyl (C=O) groups excluding carboxylic acids is 2. The maximum atomic E-state index is 12.7. The van der Waals surface area contributed by atoms with E-state index in [1.165, 1.54) is 26.4 Å².